The molecular weight excluding hydrogens is 404 g/mol. The third-order valence-electron chi connectivity index (χ3n) is 4.41. The molecule has 0 spiro atoms. The number of carbonyl (C=O) groups is 4. The molecule has 1 aliphatic rings. The van der Waals surface area contributed by atoms with E-state index in [1.807, 2.05) is 0 Å². The fourth-order valence-corrected chi connectivity index (χ4v) is 3.22. The first-order valence-corrected chi connectivity index (χ1v) is 8.38. The van der Waals surface area contributed by atoms with Crippen molar-refractivity contribution in [2.75, 3.05) is 0 Å². The van der Waals surface area contributed by atoms with E-state index >= 15 is 0 Å². The number of cyclic esters (lactones) is 4. The first kappa shape index (κ1) is 17.9. The molecule has 5 heterocycles. The minimum Gasteiger partial charge on any atom is -0.455 e. The van der Waals surface area contributed by atoms with E-state index in [0.717, 1.165) is 0 Å². The van der Waals surface area contributed by atoms with Crippen molar-refractivity contribution in [3.8, 4) is 0 Å². The summed E-state index contributed by atoms with van der Waals surface area (Å²) in [5.41, 5.74) is 9.94. The lowest BCUT2D eigenvalue weighted by Crippen LogP contribution is -2.36. The Bertz CT molecular complexity index is 1120. The summed E-state index contributed by atoms with van der Waals surface area (Å²) in [4.78, 5) is 50.1. The van der Waals surface area contributed by atoms with Gasteiger partial charge in [0.05, 0.1) is 0 Å². The average Bonchev–Trinajstić information content (AvgIpc) is 3.45. The Morgan fingerprint density at radius 3 is 0.967 bits per heavy atom. The normalized spacial score (nSPS) is 21.0. The Hall–Kier alpha value is -4.16. The average molecular weight is 414 g/mol. The maximum absolute atomic E-state index is 12.5. The van der Waals surface area contributed by atoms with Crippen molar-refractivity contribution in [1.29, 1.82) is 0 Å². The van der Waals surface area contributed by atoms with Gasteiger partial charge in [0.1, 0.15) is 44.6 Å². The number of benzene rings is 2. The summed E-state index contributed by atoms with van der Waals surface area (Å²) in [6.45, 7) is 0. The third-order valence-corrected chi connectivity index (χ3v) is 4.41. The lowest BCUT2D eigenvalue weighted by atomic mass is 10.1. The number of hydrogen-bond acceptors (Lipinski definition) is 12. The molecule has 4 aromatic heterocycles. The summed E-state index contributed by atoms with van der Waals surface area (Å²) in [6.07, 6.45) is -3.74. The van der Waals surface area contributed by atoms with Gasteiger partial charge in [-0.1, -0.05) is 0 Å². The second-order valence-corrected chi connectivity index (χ2v) is 6.19. The molecule has 4 aromatic rings. The zero-order chi connectivity index (χ0) is 21.2. The predicted octanol–water partition coefficient (Wildman–Crippen LogP) is 0.880. The number of carbonyl (C=O) groups excluding carboxylic acids is 4. The summed E-state index contributed by atoms with van der Waals surface area (Å²) >= 11 is 0. The largest absolute Gasteiger partial charge is 0.455 e. The molecule has 4 bridgehead atoms. The van der Waals surface area contributed by atoms with Crippen molar-refractivity contribution >= 4 is 46.2 Å². The molecule has 1 aliphatic heterocycles. The van der Waals surface area contributed by atoms with Gasteiger partial charge < -0.3 is 27.8 Å². The second kappa shape index (κ2) is 6.17. The molecule has 12 nitrogen and oxygen atoms in total. The van der Waals surface area contributed by atoms with E-state index in [1.165, 1.54) is 24.3 Å². The van der Waals surface area contributed by atoms with Crippen LogP contribution in [0.25, 0.3) is 22.3 Å². The lowest BCUT2D eigenvalue weighted by Gasteiger charge is -2.17. The maximum atomic E-state index is 12.5. The molecule has 0 atom stereocenters. The van der Waals surface area contributed by atoms with Crippen LogP contribution in [0.3, 0.4) is 0 Å². The van der Waals surface area contributed by atoms with Gasteiger partial charge in [0.2, 0.25) is 0 Å². The molecule has 0 amide bonds. The van der Waals surface area contributed by atoms with Gasteiger partial charge in [-0.15, -0.1) is 0 Å². The monoisotopic (exact) mass is 414 g/mol. The van der Waals surface area contributed by atoms with Crippen LogP contribution < -0.4 is 11.5 Å². The summed E-state index contributed by atoms with van der Waals surface area (Å²) in [5.74, 6) is -4.45. The first-order valence-electron chi connectivity index (χ1n) is 8.38. The Morgan fingerprint density at radius 1 is 0.500 bits per heavy atom. The number of esters is 4. The smallest absolute Gasteiger partial charge is 0.347 e. The minimum atomic E-state index is -1.87. The third kappa shape index (κ3) is 2.55. The quantitative estimate of drug-likeness (QED) is 0.388. The SMILES string of the molecule is NC1OC(=O)c2c(c3ccc2o3)C(=O)OC(N)OC(=O)c2c(c3ccc2o3)C(=O)O1. The zero-order valence-corrected chi connectivity index (χ0v) is 14.7. The van der Waals surface area contributed by atoms with Crippen molar-refractivity contribution in [3.05, 3.63) is 46.5 Å². The van der Waals surface area contributed by atoms with E-state index in [2.05, 4.69) is 0 Å². The van der Waals surface area contributed by atoms with Crippen LogP contribution in [0, 0.1) is 0 Å². The van der Waals surface area contributed by atoms with Crippen LogP contribution in [-0.4, -0.2) is 36.7 Å². The number of ether oxygens (including phenoxy) is 4. The molecule has 0 radical (unpaired) electrons. The molecule has 5 rings (SSSR count). The van der Waals surface area contributed by atoms with Gasteiger partial charge in [-0.2, -0.15) is 0 Å². The maximum Gasteiger partial charge on any atom is 0.347 e. The molecule has 0 aliphatic carbocycles. The van der Waals surface area contributed by atoms with E-state index in [0.29, 0.717) is 0 Å². The number of furan rings is 4. The Labute approximate surface area is 164 Å². The molecule has 0 fully saturated rings. The van der Waals surface area contributed by atoms with E-state index in [4.69, 9.17) is 39.2 Å². The van der Waals surface area contributed by atoms with Crippen LogP contribution in [0.5, 0.6) is 0 Å². The van der Waals surface area contributed by atoms with Crippen molar-refractivity contribution < 1.29 is 47.0 Å². The molecule has 0 saturated carbocycles. The van der Waals surface area contributed by atoms with Gasteiger partial charge in [0, 0.05) is 0 Å². The van der Waals surface area contributed by atoms with Crippen LogP contribution in [-0.2, 0) is 18.9 Å². The number of fused-ring (bicyclic) bond motifs is 10. The van der Waals surface area contributed by atoms with Gasteiger partial charge >= 0.3 is 36.7 Å². The number of nitrogens with two attached hydrogens (primary N) is 2. The van der Waals surface area contributed by atoms with Crippen molar-refractivity contribution in [1.82, 2.24) is 0 Å². The fraction of sp³-hybridized carbons (Fsp3) is 0.111. The highest BCUT2D eigenvalue weighted by Crippen LogP contribution is 2.32. The lowest BCUT2D eigenvalue weighted by molar-refractivity contribution is -0.0805. The molecule has 30 heavy (non-hydrogen) atoms. The van der Waals surface area contributed by atoms with Crippen LogP contribution >= 0.6 is 0 Å². The second-order valence-electron chi connectivity index (χ2n) is 6.19. The number of rotatable bonds is 0. The van der Waals surface area contributed by atoms with E-state index in [9.17, 15) is 19.2 Å². The molecule has 0 unspecified atom stereocenters. The molecule has 152 valence electrons. The van der Waals surface area contributed by atoms with Gasteiger partial charge in [0.25, 0.3) is 0 Å². The predicted molar refractivity (Wildman–Crippen MR) is 92.4 cm³/mol. The number of hydrogen-bond donors (Lipinski definition) is 2. The van der Waals surface area contributed by atoms with Crippen LogP contribution in [0.4, 0.5) is 0 Å². The van der Waals surface area contributed by atoms with Gasteiger partial charge in [0.15, 0.2) is 0 Å². The van der Waals surface area contributed by atoms with E-state index in [-0.39, 0.29) is 44.6 Å². The highest BCUT2D eigenvalue weighted by atomic mass is 16.7. The van der Waals surface area contributed by atoms with Crippen LogP contribution in [0.2, 0.25) is 0 Å². The molecule has 12 heteroatoms. The highest BCUT2D eigenvalue weighted by molar-refractivity contribution is 6.14. The standard InChI is InChI=1S/C18H10N2O10/c19-17-27-13(21)9-5-1-2-6(25-5)10(9)14(22)28-18(20)30-16(24)12-8-4-3-7(26-8)11(12)15(23)29-17/h1-4,17-18H,19-20H2. The topological polar surface area (TPSA) is 184 Å². The first-order chi connectivity index (χ1) is 14.3. The molecular formula is C18H10N2O10. The van der Waals surface area contributed by atoms with E-state index in [1.54, 1.807) is 0 Å². The van der Waals surface area contributed by atoms with Crippen LogP contribution in [0.1, 0.15) is 41.4 Å². The summed E-state index contributed by atoms with van der Waals surface area (Å²) in [6, 6.07) is 5.64. The Balaban J connectivity index is 1.58. The Kier molecular flexibility index (Phi) is 3.68. The zero-order valence-electron chi connectivity index (χ0n) is 14.7. The van der Waals surface area contributed by atoms with Gasteiger partial charge in [-0.25, -0.2) is 19.2 Å². The molecule has 0 saturated heterocycles. The van der Waals surface area contributed by atoms with Crippen molar-refractivity contribution in [2.24, 2.45) is 11.5 Å². The van der Waals surface area contributed by atoms with Crippen molar-refractivity contribution in [3.63, 3.8) is 0 Å². The molecule has 4 N–H and O–H groups in total. The minimum absolute atomic E-state index is 0.00160. The van der Waals surface area contributed by atoms with E-state index < -0.39 is 36.7 Å². The Morgan fingerprint density at radius 2 is 0.733 bits per heavy atom. The van der Waals surface area contributed by atoms with Crippen LogP contribution in [0.15, 0.2) is 33.1 Å². The molecule has 0 aromatic carbocycles. The fourth-order valence-electron chi connectivity index (χ4n) is 3.22. The van der Waals surface area contributed by atoms with Gasteiger partial charge in [-0.3, -0.25) is 11.5 Å². The summed E-state index contributed by atoms with van der Waals surface area (Å²) < 4.78 is 30.2. The highest BCUT2D eigenvalue weighted by Gasteiger charge is 2.36. The van der Waals surface area contributed by atoms with Crippen molar-refractivity contribution in [2.45, 2.75) is 12.8 Å². The summed E-state index contributed by atoms with van der Waals surface area (Å²) in [5, 5.41) is 0. The van der Waals surface area contributed by atoms with Gasteiger partial charge in [-0.05, 0) is 24.3 Å². The summed E-state index contributed by atoms with van der Waals surface area (Å²) in [7, 11) is 0.